The second-order valence-electron chi connectivity index (χ2n) is 14.5. The van der Waals surface area contributed by atoms with E-state index in [0.29, 0.717) is 23.8 Å². The number of carbonyl (C=O) groups is 3. The molecule has 0 saturated heterocycles. The predicted octanol–water partition coefficient (Wildman–Crippen LogP) is 5.68. The molecule has 0 aromatic rings. The first kappa shape index (κ1) is 26.1. The van der Waals surface area contributed by atoms with Crippen LogP contribution < -0.4 is 0 Å². The number of rotatable bonds is 2. The smallest absolute Gasteiger partial charge is 0.324 e. The van der Waals surface area contributed by atoms with E-state index >= 15 is 0 Å². The topological polar surface area (TPSA) is 80.7 Å². The summed E-state index contributed by atoms with van der Waals surface area (Å²) in [6.45, 7) is 15.8. The van der Waals surface area contributed by atoms with Crippen molar-refractivity contribution in [3.63, 3.8) is 0 Å². The number of aliphatic hydroxyl groups is 1. The van der Waals surface area contributed by atoms with Crippen molar-refractivity contribution >= 4 is 17.5 Å². The Hall–Kier alpha value is -1.49. The van der Waals surface area contributed by atoms with Crippen molar-refractivity contribution in [3.8, 4) is 0 Å². The Morgan fingerprint density at radius 3 is 2.17 bits per heavy atom. The maximum Gasteiger partial charge on any atom is 0.324 e. The zero-order valence-electron chi connectivity index (χ0n) is 23.6. The van der Waals surface area contributed by atoms with Crippen LogP contribution in [0.25, 0.3) is 0 Å². The quantitative estimate of drug-likeness (QED) is 0.301. The van der Waals surface area contributed by atoms with Crippen LogP contribution >= 0.6 is 0 Å². The van der Waals surface area contributed by atoms with E-state index < -0.39 is 23.0 Å². The second-order valence-corrected chi connectivity index (χ2v) is 14.5. The van der Waals surface area contributed by atoms with Gasteiger partial charge in [0.25, 0.3) is 0 Å². The number of hydrogen-bond acceptors (Lipinski definition) is 5. The number of hydrogen-bond donors (Lipinski definition) is 1. The van der Waals surface area contributed by atoms with Gasteiger partial charge in [-0.1, -0.05) is 48.5 Å². The summed E-state index contributed by atoms with van der Waals surface area (Å²) >= 11 is 0. The first-order chi connectivity index (χ1) is 16.6. The van der Waals surface area contributed by atoms with Gasteiger partial charge >= 0.3 is 5.97 Å². The Bertz CT molecular complexity index is 1050. The van der Waals surface area contributed by atoms with Crippen LogP contribution in [0.4, 0.5) is 0 Å². The number of methoxy groups -OCH3 is 1. The van der Waals surface area contributed by atoms with Crippen molar-refractivity contribution in [3.05, 3.63) is 11.1 Å². The van der Waals surface area contributed by atoms with Crippen LogP contribution in [0.15, 0.2) is 11.1 Å². The first-order valence-electron chi connectivity index (χ1n) is 14.2. The molecule has 4 fully saturated rings. The molecule has 0 spiro atoms. The van der Waals surface area contributed by atoms with E-state index in [1.165, 1.54) is 7.11 Å². The lowest BCUT2D eigenvalue weighted by molar-refractivity contribution is -0.228. The van der Waals surface area contributed by atoms with E-state index in [1.54, 1.807) is 0 Å². The third kappa shape index (κ3) is 2.79. The summed E-state index contributed by atoms with van der Waals surface area (Å²) in [6, 6.07) is 0. The second kappa shape index (κ2) is 7.77. The van der Waals surface area contributed by atoms with Crippen molar-refractivity contribution in [1.82, 2.24) is 0 Å². The third-order valence-electron chi connectivity index (χ3n) is 12.9. The zero-order valence-corrected chi connectivity index (χ0v) is 23.6. The molecular formula is C31H46O5. The van der Waals surface area contributed by atoms with Gasteiger partial charge in [-0.05, 0) is 102 Å². The fourth-order valence-corrected chi connectivity index (χ4v) is 10.9. The SMILES string of the molecule is COC(=O)[C@@]12CC[C@]3(C)[C@H](CC[C@@H]4[C@@]5(C)CC[C@H](O)C(C)(C)[C@@H]5CC[C@]43C)C1=C(C(C)C)C(=O)C2=O. The van der Waals surface area contributed by atoms with Crippen LogP contribution in [-0.2, 0) is 19.1 Å². The van der Waals surface area contributed by atoms with E-state index in [0.717, 1.165) is 50.5 Å². The average Bonchev–Trinajstić information content (AvgIpc) is 3.04. The Labute approximate surface area is 216 Å². The monoisotopic (exact) mass is 498 g/mol. The van der Waals surface area contributed by atoms with E-state index in [9.17, 15) is 19.5 Å². The van der Waals surface area contributed by atoms with Gasteiger partial charge in [0.2, 0.25) is 11.6 Å². The summed E-state index contributed by atoms with van der Waals surface area (Å²) in [4.78, 5) is 40.2. The predicted molar refractivity (Wildman–Crippen MR) is 138 cm³/mol. The van der Waals surface area contributed by atoms with Gasteiger partial charge in [0.1, 0.15) is 0 Å². The molecule has 8 atom stereocenters. The van der Waals surface area contributed by atoms with Gasteiger partial charge in [-0.15, -0.1) is 0 Å². The Balaban J connectivity index is 1.65. The fourth-order valence-electron chi connectivity index (χ4n) is 10.9. The molecule has 5 rings (SSSR count). The van der Waals surface area contributed by atoms with Crippen molar-refractivity contribution in [2.45, 2.75) is 106 Å². The maximum absolute atomic E-state index is 13.5. The lowest BCUT2D eigenvalue weighted by Gasteiger charge is -2.71. The van der Waals surface area contributed by atoms with E-state index in [1.807, 2.05) is 13.8 Å². The van der Waals surface area contributed by atoms with Gasteiger partial charge in [0, 0.05) is 5.57 Å². The highest BCUT2D eigenvalue weighted by Gasteiger charge is 2.72. The molecule has 5 aliphatic rings. The molecule has 0 unspecified atom stereocenters. The van der Waals surface area contributed by atoms with E-state index in [2.05, 4.69) is 34.6 Å². The van der Waals surface area contributed by atoms with Crippen LogP contribution in [0.3, 0.4) is 0 Å². The van der Waals surface area contributed by atoms with Crippen LogP contribution in [0.5, 0.6) is 0 Å². The number of allylic oxidation sites excluding steroid dienone is 1. The third-order valence-corrected chi connectivity index (χ3v) is 12.9. The summed E-state index contributed by atoms with van der Waals surface area (Å²) in [7, 11) is 1.34. The number of fused-ring (bicyclic) bond motifs is 7. The summed E-state index contributed by atoms with van der Waals surface area (Å²) in [5.41, 5.74) is -0.0394. The van der Waals surface area contributed by atoms with Crippen molar-refractivity contribution < 1.29 is 24.2 Å². The van der Waals surface area contributed by atoms with Gasteiger partial charge in [0.15, 0.2) is 5.41 Å². The molecular weight excluding hydrogens is 452 g/mol. The van der Waals surface area contributed by atoms with Crippen molar-refractivity contribution in [2.24, 2.45) is 50.7 Å². The molecule has 200 valence electrons. The largest absolute Gasteiger partial charge is 0.468 e. The van der Waals surface area contributed by atoms with Gasteiger partial charge in [0.05, 0.1) is 13.2 Å². The highest BCUT2D eigenvalue weighted by Crippen LogP contribution is 2.76. The maximum atomic E-state index is 13.5. The standard InChI is InChI=1S/C31H46O5/c1-17(2)22-23-18-9-10-20-28(5)13-12-21(32)27(3,4)19(28)11-14-30(20,7)29(18,6)15-16-31(23,26(35)36-8)25(34)24(22)33/h17-21,32H,9-16H2,1-8H3/t18-,19+,20-,21+,28+,29-,30-,31+/m1/s1. The molecule has 36 heavy (non-hydrogen) atoms. The summed E-state index contributed by atoms with van der Waals surface area (Å²) in [5, 5.41) is 10.9. The average molecular weight is 499 g/mol. The van der Waals surface area contributed by atoms with Gasteiger partial charge in [-0.2, -0.15) is 0 Å². The molecule has 5 heteroatoms. The Morgan fingerprint density at radius 1 is 0.889 bits per heavy atom. The highest BCUT2D eigenvalue weighted by atomic mass is 16.5. The van der Waals surface area contributed by atoms with Crippen LogP contribution in [0.2, 0.25) is 0 Å². The molecule has 0 bridgehead atoms. The zero-order chi connectivity index (χ0) is 26.6. The van der Waals surface area contributed by atoms with Crippen molar-refractivity contribution in [2.75, 3.05) is 7.11 Å². The molecule has 0 aromatic heterocycles. The highest BCUT2D eigenvalue weighted by molar-refractivity contribution is 6.52. The summed E-state index contributed by atoms with van der Waals surface area (Å²) < 4.78 is 5.24. The minimum absolute atomic E-state index is 0.0294. The molecule has 0 aliphatic heterocycles. The summed E-state index contributed by atoms with van der Waals surface area (Å²) in [6.07, 6.45) is 6.87. The molecule has 5 nitrogen and oxygen atoms in total. The molecule has 5 aliphatic carbocycles. The van der Waals surface area contributed by atoms with Crippen LogP contribution in [0, 0.1) is 50.7 Å². The minimum atomic E-state index is -1.42. The number of ketones is 2. The van der Waals surface area contributed by atoms with Crippen LogP contribution in [0.1, 0.15) is 99.8 Å². The molecule has 0 amide bonds. The fraction of sp³-hybridized carbons (Fsp3) is 0.839. The first-order valence-corrected chi connectivity index (χ1v) is 14.2. The normalized spacial score (nSPS) is 47.7. The molecule has 1 N–H and O–H groups in total. The van der Waals surface area contributed by atoms with Gasteiger partial charge < -0.3 is 9.84 Å². The Morgan fingerprint density at radius 2 is 1.56 bits per heavy atom. The number of carbonyl (C=O) groups excluding carboxylic acids is 3. The molecule has 0 radical (unpaired) electrons. The van der Waals surface area contributed by atoms with Gasteiger partial charge in [-0.3, -0.25) is 14.4 Å². The number of aliphatic hydroxyl groups excluding tert-OH is 1. The molecule has 0 heterocycles. The lowest BCUT2D eigenvalue weighted by atomic mass is 9.33. The van der Waals surface area contributed by atoms with Gasteiger partial charge in [-0.25, -0.2) is 0 Å². The Kier molecular flexibility index (Phi) is 5.64. The van der Waals surface area contributed by atoms with E-state index in [4.69, 9.17) is 4.74 Å². The number of ether oxygens (including phenoxy) is 1. The number of Topliss-reactive ketones (excluding diaryl/α,β-unsaturated/α-hetero) is 2. The summed E-state index contributed by atoms with van der Waals surface area (Å²) in [5.74, 6) is -0.643. The molecule has 4 saturated carbocycles. The van der Waals surface area contributed by atoms with E-state index in [-0.39, 0.29) is 39.6 Å². The minimum Gasteiger partial charge on any atom is -0.468 e. The van der Waals surface area contributed by atoms with Crippen molar-refractivity contribution in [1.29, 1.82) is 0 Å². The molecule has 0 aromatic carbocycles. The lowest BCUT2D eigenvalue weighted by Crippen LogP contribution is -2.66. The number of esters is 1. The van der Waals surface area contributed by atoms with Crippen LogP contribution in [-0.4, -0.2) is 35.9 Å².